The molecular weight excluding hydrogens is 334 g/mol. The fourth-order valence-electron chi connectivity index (χ4n) is 2.08. The third-order valence-electron chi connectivity index (χ3n) is 3.52. The standard InChI is InChI=1S/C15H17N3OS3/c1-10(14-17-11-5-3-4-6-12(11)22-14)18(2)13(19)9-21-15-16-7-8-20-15/h3-6,10H,7-9H2,1-2H3/t10-/m0/s1. The molecule has 116 valence electrons. The first-order valence-corrected chi connectivity index (χ1v) is 9.85. The minimum atomic E-state index is -0.0105. The Balaban J connectivity index is 1.64. The highest BCUT2D eigenvalue weighted by molar-refractivity contribution is 8.39. The van der Waals surface area contributed by atoms with Gasteiger partial charge in [-0.2, -0.15) is 0 Å². The molecule has 0 fully saturated rings. The molecule has 0 saturated heterocycles. The predicted octanol–water partition coefficient (Wildman–Crippen LogP) is 3.65. The third-order valence-corrected chi connectivity index (χ3v) is 6.96. The van der Waals surface area contributed by atoms with Crippen molar-refractivity contribution in [3.8, 4) is 0 Å². The second-order valence-corrected chi connectivity index (χ2v) is 8.35. The SMILES string of the molecule is C[C@@H](c1nc2ccccc2s1)N(C)C(=O)CSC1=NCCS1. The summed E-state index contributed by atoms with van der Waals surface area (Å²) in [5.74, 6) is 1.60. The molecule has 1 aliphatic heterocycles. The molecule has 2 heterocycles. The van der Waals surface area contributed by atoms with Gasteiger partial charge in [-0.25, -0.2) is 4.98 Å². The summed E-state index contributed by atoms with van der Waals surface area (Å²) in [6.45, 7) is 2.90. The number of amides is 1. The number of carbonyl (C=O) groups excluding carboxylic acids is 1. The molecule has 0 saturated carbocycles. The van der Waals surface area contributed by atoms with Crippen LogP contribution in [0.3, 0.4) is 0 Å². The second kappa shape index (κ2) is 7.02. The van der Waals surface area contributed by atoms with Crippen LogP contribution in [-0.4, -0.2) is 45.3 Å². The van der Waals surface area contributed by atoms with Gasteiger partial charge in [-0.3, -0.25) is 9.79 Å². The van der Waals surface area contributed by atoms with E-state index < -0.39 is 0 Å². The number of carbonyl (C=O) groups is 1. The molecule has 2 aromatic rings. The highest BCUT2D eigenvalue weighted by atomic mass is 32.2. The van der Waals surface area contributed by atoms with Crippen molar-refractivity contribution in [3.63, 3.8) is 0 Å². The highest BCUT2D eigenvalue weighted by Gasteiger charge is 2.21. The average molecular weight is 352 g/mol. The van der Waals surface area contributed by atoms with Gasteiger partial charge in [0.05, 0.1) is 28.6 Å². The molecular formula is C15H17N3OS3. The zero-order chi connectivity index (χ0) is 15.5. The Bertz CT molecular complexity index is 680. The molecule has 1 aliphatic rings. The van der Waals surface area contributed by atoms with E-state index in [0.717, 1.165) is 31.9 Å². The van der Waals surface area contributed by atoms with E-state index in [1.807, 2.05) is 32.2 Å². The van der Waals surface area contributed by atoms with Crippen molar-refractivity contribution in [2.45, 2.75) is 13.0 Å². The Hall–Kier alpha value is -1.05. The fraction of sp³-hybridized carbons (Fsp3) is 0.400. The average Bonchev–Trinajstić information content (AvgIpc) is 3.19. The van der Waals surface area contributed by atoms with Crippen LogP contribution in [0, 0.1) is 0 Å². The van der Waals surface area contributed by atoms with Gasteiger partial charge in [-0.1, -0.05) is 35.7 Å². The summed E-state index contributed by atoms with van der Waals surface area (Å²) in [7, 11) is 1.85. The van der Waals surface area contributed by atoms with E-state index >= 15 is 0 Å². The van der Waals surface area contributed by atoms with Crippen LogP contribution in [0.15, 0.2) is 29.3 Å². The van der Waals surface area contributed by atoms with Crippen molar-refractivity contribution in [2.24, 2.45) is 4.99 Å². The van der Waals surface area contributed by atoms with Crippen molar-refractivity contribution in [2.75, 3.05) is 25.1 Å². The zero-order valence-electron chi connectivity index (χ0n) is 12.5. The minimum absolute atomic E-state index is 0.0105. The Morgan fingerprint density at radius 1 is 1.45 bits per heavy atom. The smallest absolute Gasteiger partial charge is 0.233 e. The van der Waals surface area contributed by atoms with Crippen LogP contribution in [0.25, 0.3) is 10.2 Å². The Morgan fingerprint density at radius 3 is 3.00 bits per heavy atom. The second-order valence-electron chi connectivity index (χ2n) is 4.99. The molecule has 1 aromatic carbocycles. The summed E-state index contributed by atoms with van der Waals surface area (Å²) < 4.78 is 2.20. The molecule has 4 nitrogen and oxygen atoms in total. The molecule has 0 N–H and O–H groups in total. The normalized spacial score (nSPS) is 15.8. The Kier molecular flexibility index (Phi) is 5.05. The number of thioether (sulfide) groups is 2. The number of aromatic nitrogens is 1. The fourth-order valence-corrected chi connectivity index (χ4v) is 5.07. The summed E-state index contributed by atoms with van der Waals surface area (Å²) in [5, 5.41) is 0.981. The van der Waals surface area contributed by atoms with E-state index in [9.17, 15) is 4.79 Å². The van der Waals surface area contributed by atoms with E-state index in [1.165, 1.54) is 0 Å². The number of nitrogens with zero attached hydrogens (tertiary/aromatic N) is 3. The molecule has 0 bridgehead atoms. The van der Waals surface area contributed by atoms with Crippen LogP contribution < -0.4 is 0 Å². The highest BCUT2D eigenvalue weighted by Crippen LogP contribution is 2.29. The Morgan fingerprint density at radius 2 is 2.27 bits per heavy atom. The van der Waals surface area contributed by atoms with Gasteiger partial charge in [0.2, 0.25) is 5.91 Å². The topological polar surface area (TPSA) is 45.6 Å². The number of hydrogen-bond acceptors (Lipinski definition) is 6. The molecule has 1 atom stereocenters. The van der Waals surface area contributed by atoms with Gasteiger partial charge in [-0.05, 0) is 19.1 Å². The summed E-state index contributed by atoms with van der Waals surface area (Å²) in [4.78, 5) is 23.1. The van der Waals surface area contributed by atoms with E-state index in [1.54, 1.807) is 39.8 Å². The first-order chi connectivity index (χ1) is 10.6. The number of hydrogen-bond donors (Lipinski definition) is 0. The van der Waals surface area contributed by atoms with Crippen LogP contribution >= 0.6 is 34.9 Å². The van der Waals surface area contributed by atoms with Gasteiger partial charge in [0.25, 0.3) is 0 Å². The van der Waals surface area contributed by atoms with Gasteiger partial charge in [0, 0.05) is 12.8 Å². The molecule has 22 heavy (non-hydrogen) atoms. The number of thiazole rings is 1. The lowest BCUT2D eigenvalue weighted by molar-refractivity contribution is -0.128. The van der Waals surface area contributed by atoms with Crippen molar-refractivity contribution in [1.29, 1.82) is 0 Å². The number of para-hydroxylation sites is 1. The number of rotatable bonds is 4. The van der Waals surface area contributed by atoms with Crippen molar-refractivity contribution < 1.29 is 4.79 Å². The van der Waals surface area contributed by atoms with Crippen LogP contribution in [-0.2, 0) is 4.79 Å². The van der Waals surface area contributed by atoms with Crippen LogP contribution in [0.5, 0.6) is 0 Å². The molecule has 0 aliphatic carbocycles. The molecule has 1 aromatic heterocycles. The lowest BCUT2D eigenvalue weighted by Gasteiger charge is -2.23. The maximum Gasteiger partial charge on any atom is 0.233 e. The lowest BCUT2D eigenvalue weighted by Crippen LogP contribution is -2.31. The predicted molar refractivity (Wildman–Crippen MR) is 98.0 cm³/mol. The van der Waals surface area contributed by atoms with Crippen LogP contribution in [0.2, 0.25) is 0 Å². The Labute approximate surface area is 142 Å². The number of benzene rings is 1. The maximum absolute atomic E-state index is 12.3. The lowest BCUT2D eigenvalue weighted by atomic mass is 10.3. The quantitative estimate of drug-likeness (QED) is 0.843. The number of aliphatic imine (C=N–C) groups is 1. The summed E-state index contributed by atoms with van der Waals surface area (Å²) >= 11 is 4.93. The number of fused-ring (bicyclic) bond motifs is 1. The van der Waals surface area contributed by atoms with E-state index in [0.29, 0.717) is 5.75 Å². The van der Waals surface area contributed by atoms with Crippen molar-refractivity contribution >= 4 is 55.4 Å². The minimum Gasteiger partial charge on any atom is -0.336 e. The van der Waals surface area contributed by atoms with E-state index in [2.05, 4.69) is 16.0 Å². The van der Waals surface area contributed by atoms with Crippen molar-refractivity contribution in [1.82, 2.24) is 9.88 Å². The monoisotopic (exact) mass is 351 g/mol. The molecule has 1 amide bonds. The van der Waals surface area contributed by atoms with Crippen LogP contribution in [0.1, 0.15) is 18.0 Å². The molecule has 7 heteroatoms. The van der Waals surface area contributed by atoms with E-state index in [-0.39, 0.29) is 11.9 Å². The van der Waals surface area contributed by atoms with Gasteiger partial charge in [0.15, 0.2) is 0 Å². The van der Waals surface area contributed by atoms with E-state index in [4.69, 9.17) is 0 Å². The molecule has 3 rings (SSSR count). The van der Waals surface area contributed by atoms with Gasteiger partial charge >= 0.3 is 0 Å². The summed E-state index contributed by atoms with van der Waals surface area (Å²) in [6, 6.07) is 8.07. The zero-order valence-corrected chi connectivity index (χ0v) is 14.9. The maximum atomic E-state index is 12.3. The van der Waals surface area contributed by atoms with Gasteiger partial charge < -0.3 is 4.90 Å². The first-order valence-electron chi connectivity index (χ1n) is 7.06. The third kappa shape index (κ3) is 3.47. The van der Waals surface area contributed by atoms with Crippen LogP contribution in [0.4, 0.5) is 0 Å². The largest absolute Gasteiger partial charge is 0.336 e. The molecule has 0 radical (unpaired) electrons. The van der Waals surface area contributed by atoms with Gasteiger partial charge in [-0.15, -0.1) is 11.3 Å². The molecule has 0 spiro atoms. The first kappa shape index (κ1) is 15.8. The molecule has 0 unspecified atom stereocenters. The van der Waals surface area contributed by atoms with Crippen molar-refractivity contribution in [3.05, 3.63) is 29.3 Å². The summed E-state index contributed by atoms with van der Waals surface area (Å²) in [5.41, 5.74) is 1.00. The summed E-state index contributed by atoms with van der Waals surface area (Å²) in [6.07, 6.45) is 0. The van der Waals surface area contributed by atoms with Gasteiger partial charge in [0.1, 0.15) is 9.38 Å².